The number of rotatable bonds is 3. The molecule has 2 N–H and O–H groups in total. The van der Waals surface area contributed by atoms with E-state index in [-0.39, 0.29) is 0 Å². The summed E-state index contributed by atoms with van der Waals surface area (Å²) in [6.45, 7) is 0. The van der Waals surface area contributed by atoms with Crippen LogP contribution in [0.1, 0.15) is 21.5 Å². The molecule has 0 saturated heterocycles. The maximum atomic E-state index is 11.7. The highest BCUT2D eigenvalue weighted by atomic mass is 16.7. The van der Waals surface area contributed by atoms with Crippen LogP contribution in [0, 0.1) is 0 Å². The number of fused-ring (bicyclic) bond motifs is 1. The minimum atomic E-state index is -1.14. The molecule has 4 nitrogen and oxygen atoms in total. The number of ether oxygens (including phenoxy) is 2. The van der Waals surface area contributed by atoms with E-state index in [0.29, 0.717) is 17.1 Å². The normalized spacial score (nSPS) is 14.3. The first-order valence-electron chi connectivity index (χ1n) is 7.62. The fraction of sp³-hybridized carbons (Fsp3) is 0.0500. The van der Waals surface area contributed by atoms with E-state index in [9.17, 15) is 4.79 Å². The van der Waals surface area contributed by atoms with Crippen molar-refractivity contribution in [2.75, 3.05) is 0 Å². The molecule has 1 aliphatic rings. The molecule has 1 heterocycles. The Morgan fingerprint density at radius 2 is 1.33 bits per heavy atom. The summed E-state index contributed by atoms with van der Waals surface area (Å²) < 4.78 is 12.5. The van der Waals surface area contributed by atoms with Crippen molar-refractivity contribution in [1.29, 1.82) is 0 Å². The van der Waals surface area contributed by atoms with Crippen molar-refractivity contribution in [3.05, 3.63) is 95.6 Å². The Labute approximate surface area is 139 Å². The van der Waals surface area contributed by atoms with Crippen LogP contribution in [0.2, 0.25) is 0 Å². The molecule has 0 saturated carbocycles. The highest BCUT2D eigenvalue weighted by molar-refractivity contribution is 5.96. The second-order valence-corrected chi connectivity index (χ2v) is 5.55. The zero-order valence-corrected chi connectivity index (χ0v) is 12.8. The van der Waals surface area contributed by atoms with Gasteiger partial charge >= 0.3 is 5.79 Å². The minimum absolute atomic E-state index is 0.307. The van der Waals surface area contributed by atoms with E-state index in [0.717, 1.165) is 11.1 Å². The lowest BCUT2D eigenvalue weighted by Crippen LogP contribution is -2.37. The summed E-state index contributed by atoms with van der Waals surface area (Å²) in [7, 11) is 0. The largest absolute Gasteiger partial charge is 0.440 e. The van der Waals surface area contributed by atoms with Gasteiger partial charge in [-0.3, -0.25) is 4.79 Å². The zero-order valence-electron chi connectivity index (χ0n) is 12.8. The highest BCUT2D eigenvalue weighted by Gasteiger charge is 2.46. The highest BCUT2D eigenvalue weighted by Crippen LogP contribution is 2.48. The van der Waals surface area contributed by atoms with Gasteiger partial charge < -0.3 is 15.2 Å². The lowest BCUT2D eigenvalue weighted by molar-refractivity contribution is -0.0460. The van der Waals surface area contributed by atoms with Gasteiger partial charge in [-0.05, 0) is 12.1 Å². The Kier molecular flexibility index (Phi) is 3.24. The van der Waals surface area contributed by atoms with E-state index in [4.69, 9.17) is 15.2 Å². The van der Waals surface area contributed by atoms with E-state index in [1.54, 1.807) is 18.2 Å². The van der Waals surface area contributed by atoms with Crippen LogP contribution in [0.5, 0.6) is 11.5 Å². The van der Waals surface area contributed by atoms with Crippen LogP contribution in [0.15, 0.2) is 78.9 Å². The fourth-order valence-electron chi connectivity index (χ4n) is 2.93. The first kappa shape index (κ1) is 14.3. The van der Waals surface area contributed by atoms with Crippen LogP contribution in [-0.2, 0) is 5.79 Å². The zero-order chi connectivity index (χ0) is 16.6. The number of benzene rings is 3. The van der Waals surface area contributed by atoms with Gasteiger partial charge in [0.2, 0.25) is 0 Å². The van der Waals surface area contributed by atoms with E-state index in [2.05, 4.69) is 0 Å². The average molecular weight is 317 g/mol. The van der Waals surface area contributed by atoms with Crippen LogP contribution in [0.3, 0.4) is 0 Å². The monoisotopic (exact) mass is 317 g/mol. The van der Waals surface area contributed by atoms with Crippen molar-refractivity contribution in [3.63, 3.8) is 0 Å². The molecule has 3 aromatic rings. The van der Waals surface area contributed by atoms with E-state index in [1.165, 1.54) is 0 Å². The van der Waals surface area contributed by atoms with Crippen LogP contribution < -0.4 is 15.2 Å². The minimum Gasteiger partial charge on any atom is -0.440 e. The van der Waals surface area contributed by atoms with Gasteiger partial charge in [-0.25, -0.2) is 0 Å². The van der Waals surface area contributed by atoms with Crippen molar-refractivity contribution in [2.45, 2.75) is 5.79 Å². The molecule has 0 atom stereocenters. The second-order valence-electron chi connectivity index (χ2n) is 5.55. The van der Waals surface area contributed by atoms with Gasteiger partial charge in [-0.15, -0.1) is 0 Å². The first-order chi connectivity index (χ1) is 11.7. The van der Waals surface area contributed by atoms with Crippen LogP contribution in [0.25, 0.3) is 0 Å². The third-order valence-electron chi connectivity index (χ3n) is 4.05. The van der Waals surface area contributed by atoms with Crippen molar-refractivity contribution in [1.82, 2.24) is 0 Å². The van der Waals surface area contributed by atoms with Gasteiger partial charge in [0.1, 0.15) is 0 Å². The van der Waals surface area contributed by atoms with E-state index in [1.807, 2.05) is 60.7 Å². The Morgan fingerprint density at radius 3 is 1.88 bits per heavy atom. The fourth-order valence-corrected chi connectivity index (χ4v) is 2.93. The Morgan fingerprint density at radius 1 is 0.750 bits per heavy atom. The van der Waals surface area contributed by atoms with E-state index < -0.39 is 11.7 Å². The molecule has 1 aliphatic heterocycles. The molecule has 24 heavy (non-hydrogen) atoms. The van der Waals surface area contributed by atoms with Gasteiger partial charge in [0.25, 0.3) is 5.91 Å². The van der Waals surface area contributed by atoms with Gasteiger partial charge in [0.15, 0.2) is 11.5 Å². The Bertz CT molecular complexity index is 852. The summed E-state index contributed by atoms with van der Waals surface area (Å²) in [5.74, 6) is -0.819. The van der Waals surface area contributed by atoms with Crippen LogP contribution in [-0.4, -0.2) is 5.91 Å². The van der Waals surface area contributed by atoms with Crippen molar-refractivity contribution in [3.8, 4) is 11.5 Å². The molecular formula is C20H15NO3. The smallest absolute Gasteiger partial charge is 0.305 e. The van der Waals surface area contributed by atoms with Crippen molar-refractivity contribution >= 4 is 5.91 Å². The molecule has 4 heteroatoms. The number of para-hydroxylation sites is 1. The number of nitrogens with two attached hydrogens (primary N) is 1. The molecule has 0 unspecified atom stereocenters. The predicted octanol–water partition coefficient (Wildman–Crippen LogP) is 3.46. The lowest BCUT2D eigenvalue weighted by Gasteiger charge is -2.28. The van der Waals surface area contributed by atoms with Crippen LogP contribution in [0.4, 0.5) is 0 Å². The second kappa shape index (κ2) is 5.42. The average Bonchev–Trinajstić information content (AvgIpc) is 3.04. The topological polar surface area (TPSA) is 61.6 Å². The molecule has 0 aliphatic carbocycles. The third kappa shape index (κ3) is 2.12. The third-order valence-corrected chi connectivity index (χ3v) is 4.05. The van der Waals surface area contributed by atoms with Crippen LogP contribution >= 0.6 is 0 Å². The molecule has 0 radical (unpaired) electrons. The maximum Gasteiger partial charge on any atom is 0.305 e. The number of carbonyl (C=O) groups is 1. The number of hydrogen-bond donors (Lipinski definition) is 1. The summed E-state index contributed by atoms with van der Waals surface area (Å²) in [4.78, 5) is 11.7. The lowest BCUT2D eigenvalue weighted by atomic mass is 9.97. The predicted molar refractivity (Wildman–Crippen MR) is 89.9 cm³/mol. The summed E-state index contributed by atoms with van der Waals surface area (Å²) >= 11 is 0. The van der Waals surface area contributed by atoms with E-state index >= 15 is 0 Å². The van der Waals surface area contributed by atoms with Gasteiger partial charge in [-0.2, -0.15) is 0 Å². The van der Waals surface area contributed by atoms with Gasteiger partial charge in [0.05, 0.1) is 5.56 Å². The van der Waals surface area contributed by atoms with Crippen molar-refractivity contribution < 1.29 is 14.3 Å². The number of hydrogen-bond acceptors (Lipinski definition) is 3. The van der Waals surface area contributed by atoms with Crippen molar-refractivity contribution in [2.24, 2.45) is 5.73 Å². The number of primary amides is 1. The molecular weight excluding hydrogens is 302 g/mol. The van der Waals surface area contributed by atoms with Gasteiger partial charge in [0, 0.05) is 11.1 Å². The summed E-state index contributed by atoms with van der Waals surface area (Å²) in [6.07, 6.45) is 0. The summed E-state index contributed by atoms with van der Waals surface area (Å²) in [6, 6.07) is 24.4. The first-order valence-corrected chi connectivity index (χ1v) is 7.62. The maximum absolute atomic E-state index is 11.7. The van der Waals surface area contributed by atoms with Gasteiger partial charge in [-0.1, -0.05) is 66.7 Å². The Balaban J connectivity index is 1.92. The molecule has 4 rings (SSSR count). The summed E-state index contributed by atoms with van der Waals surface area (Å²) in [5, 5.41) is 0. The summed E-state index contributed by atoms with van der Waals surface area (Å²) in [5.41, 5.74) is 7.46. The molecule has 1 amide bonds. The molecule has 118 valence electrons. The molecule has 0 bridgehead atoms. The molecule has 0 spiro atoms. The standard InChI is InChI=1S/C20H15NO3/c21-19(22)16-12-7-13-17-18(16)24-20(23-17,14-8-3-1-4-9-14)15-10-5-2-6-11-15/h1-13H,(H2,21,22). The Hall–Kier alpha value is -3.27. The molecule has 0 fully saturated rings. The number of carbonyl (C=O) groups excluding carboxylic acids is 1. The molecule has 3 aromatic carbocycles. The SMILES string of the molecule is NC(=O)c1cccc2c1OC(c1ccccc1)(c1ccccc1)O2. The number of amides is 1. The molecule has 0 aromatic heterocycles. The quantitative estimate of drug-likeness (QED) is 0.804.